The van der Waals surface area contributed by atoms with Gasteiger partial charge in [0.1, 0.15) is 0 Å². The van der Waals surface area contributed by atoms with Crippen molar-refractivity contribution >= 4 is 48.7 Å². The quantitative estimate of drug-likeness (QED) is 0.529. The maximum absolute atomic E-state index is 12.8. The summed E-state index contributed by atoms with van der Waals surface area (Å²) in [6.07, 6.45) is 1.03. The number of halogens is 1. The summed E-state index contributed by atoms with van der Waals surface area (Å²) < 4.78 is 51.6. The maximum atomic E-state index is 12.8. The lowest BCUT2D eigenvalue weighted by Crippen LogP contribution is -2.16. The molecule has 0 spiro atoms. The molecule has 0 atom stereocenters. The van der Waals surface area contributed by atoms with Crippen molar-refractivity contribution in [2.24, 2.45) is 0 Å². The van der Waals surface area contributed by atoms with E-state index >= 15 is 0 Å². The molecule has 0 aliphatic heterocycles. The van der Waals surface area contributed by atoms with Crippen molar-refractivity contribution < 1.29 is 21.6 Å². The molecule has 3 aromatic carbocycles. The van der Waals surface area contributed by atoms with Gasteiger partial charge in [0.25, 0.3) is 15.9 Å². The number of anilines is 2. The fourth-order valence-electron chi connectivity index (χ4n) is 2.99. The molecule has 0 heterocycles. The first kappa shape index (κ1) is 23.8. The molecule has 7 nitrogen and oxygen atoms in total. The Bertz CT molecular complexity index is 1380. The summed E-state index contributed by atoms with van der Waals surface area (Å²) in [5.41, 5.74) is 2.42. The Kier molecular flexibility index (Phi) is 6.64. The van der Waals surface area contributed by atoms with Crippen LogP contribution in [0.25, 0.3) is 0 Å². The number of aryl methyl sites for hydroxylation is 2. The second kappa shape index (κ2) is 8.93. The van der Waals surface area contributed by atoms with E-state index in [4.69, 9.17) is 11.6 Å². The molecule has 0 aliphatic rings. The number of hydrogen-bond donors (Lipinski definition) is 2. The minimum Gasteiger partial charge on any atom is -0.322 e. The molecule has 0 radical (unpaired) electrons. The summed E-state index contributed by atoms with van der Waals surface area (Å²) >= 11 is 6.05. The van der Waals surface area contributed by atoms with E-state index < -0.39 is 25.8 Å². The maximum Gasteiger partial charge on any atom is 0.261 e. The number of sulfone groups is 1. The molecule has 10 heteroatoms. The first-order valence-corrected chi connectivity index (χ1v) is 13.1. The average molecular weight is 493 g/mol. The Hall–Kier alpha value is -2.88. The van der Waals surface area contributed by atoms with Crippen molar-refractivity contribution in [3.63, 3.8) is 0 Å². The van der Waals surface area contributed by atoms with E-state index in [0.29, 0.717) is 11.4 Å². The Morgan fingerprint density at radius 1 is 0.844 bits per heavy atom. The van der Waals surface area contributed by atoms with Crippen molar-refractivity contribution in [3.8, 4) is 0 Å². The smallest absolute Gasteiger partial charge is 0.261 e. The summed E-state index contributed by atoms with van der Waals surface area (Å²) in [5, 5.41) is 2.68. The summed E-state index contributed by atoms with van der Waals surface area (Å²) in [5.74, 6) is -0.621. The van der Waals surface area contributed by atoms with Crippen LogP contribution in [0, 0.1) is 13.8 Å². The molecular formula is C22H21ClN2O5S2. The molecule has 0 aromatic heterocycles. The van der Waals surface area contributed by atoms with Gasteiger partial charge < -0.3 is 5.32 Å². The number of nitrogens with one attached hydrogen (secondary N) is 2. The molecule has 32 heavy (non-hydrogen) atoms. The highest BCUT2D eigenvalue weighted by Crippen LogP contribution is 2.25. The number of sulfonamides is 1. The lowest BCUT2D eigenvalue weighted by atomic mass is 10.1. The van der Waals surface area contributed by atoms with Crippen LogP contribution in [0.3, 0.4) is 0 Å². The number of amides is 1. The zero-order valence-corrected chi connectivity index (χ0v) is 19.9. The Morgan fingerprint density at radius 3 is 1.97 bits per heavy atom. The molecule has 0 aliphatic carbocycles. The van der Waals surface area contributed by atoms with E-state index in [9.17, 15) is 21.6 Å². The van der Waals surface area contributed by atoms with Crippen LogP contribution in [-0.4, -0.2) is 29.0 Å². The van der Waals surface area contributed by atoms with Crippen LogP contribution in [0.5, 0.6) is 0 Å². The first-order valence-electron chi connectivity index (χ1n) is 9.38. The van der Waals surface area contributed by atoms with Gasteiger partial charge in [0.15, 0.2) is 9.84 Å². The lowest BCUT2D eigenvalue weighted by Gasteiger charge is -2.14. The van der Waals surface area contributed by atoms with Gasteiger partial charge >= 0.3 is 0 Å². The van der Waals surface area contributed by atoms with E-state index in [-0.39, 0.29) is 20.4 Å². The van der Waals surface area contributed by atoms with Gasteiger partial charge in [0.2, 0.25) is 0 Å². The number of carbonyl (C=O) groups excluding carboxylic acids is 1. The van der Waals surface area contributed by atoms with Crippen molar-refractivity contribution in [1.82, 2.24) is 0 Å². The summed E-state index contributed by atoms with van der Waals surface area (Å²) in [6.45, 7) is 3.63. The highest BCUT2D eigenvalue weighted by Gasteiger charge is 2.18. The number of hydrogen-bond acceptors (Lipinski definition) is 5. The molecule has 0 saturated carbocycles. The normalized spacial score (nSPS) is 11.8. The average Bonchev–Trinajstić information content (AvgIpc) is 2.70. The summed E-state index contributed by atoms with van der Waals surface area (Å²) in [7, 11) is -7.35. The van der Waals surface area contributed by atoms with E-state index in [0.717, 1.165) is 17.4 Å². The van der Waals surface area contributed by atoms with Crippen LogP contribution in [0.1, 0.15) is 21.5 Å². The fraction of sp³-hybridized carbons (Fsp3) is 0.136. The molecule has 3 aromatic rings. The Labute approximate surface area is 192 Å². The zero-order chi connectivity index (χ0) is 23.7. The van der Waals surface area contributed by atoms with E-state index in [1.54, 1.807) is 0 Å². The number of benzene rings is 3. The Balaban J connectivity index is 1.81. The lowest BCUT2D eigenvalue weighted by molar-refractivity contribution is 0.102. The van der Waals surface area contributed by atoms with Crippen molar-refractivity contribution in [2.45, 2.75) is 23.6 Å². The fourth-order valence-corrected chi connectivity index (χ4v) is 5.05. The predicted octanol–water partition coefficient (Wildman–Crippen LogP) is 4.41. The summed E-state index contributed by atoms with van der Waals surface area (Å²) in [4.78, 5) is 12.6. The third-order valence-corrected chi connectivity index (χ3v) is 7.56. The number of rotatable bonds is 6. The molecule has 2 N–H and O–H groups in total. The number of para-hydroxylation sites is 1. The van der Waals surface area contributed by atoms with Crippen LogP contribution in [-0.2, 0) is 19.9 Å². The van der Waals surface area contributed by atoms with Gasteiger partial charge in [-0.3, -0.25) is 9.52 Å². The zero-order valence-electron chi connectivity index (χ0n) is 17.5. The van der Waals surface area contributed by atoms with Crippen LogP contribution in [0.15, 0.2) is 70.5 Å². The minimum atomic E-state index is -3.83. The monoisotopic (exact) mass is 492 g/mol. The van der Waals surface area contributed by atoms with Gasteiger partial charge in [-0.25, -0.2) is 16.8 Å². The second-order valence-corrected chi connectivity index (χ2v) is 11.4. The van der Waals surface area contributed by atoms with Gasteiger partial charge in [0, 0.05) is 11.9 Å². The largest absolute Gasteiger partial charge is 0.322 e. The Morgan fingerprint density at radius 2 is 1.41 bits per heavy atom. The highest BCUT2D eigenvalue weighted by atomic mass is 35.5. The van der Waals surface area contributed by atoms with E-state index in [1.807, 2.05) is 32.0 Å². The molecule has 0 unspecified atom stereocenters. The topological polar surface area (TPSA) is 109 Å². The van der Waals surface area contributed by atoms with Gasteiger partial charge in [0.05, 0.1) is 26.1 Å². The van der Waals surface area contributed by atoms with Gasteiger partial charge in [-0.2, -0.15) is 0 Å². The third kappa shape index (κ3) is 5.29. The van der Waals surface area contributed by atoms with Crippen molar-refractivity contribution in [3.05, 3.63) is 82.4 Å². The third-order valence-electron chi connectivity index (χ3n) is 4.75. The van der Waals surface area contributed by atoms with Crippen molar-refractivity contribution in [2.75, 3.05) is 16.3 Å². The van der Waals surface area contributed by atoms with Crippen LogP contribution < -0.4 is 10.0 Å². The van der Waals surface area contributed by atoms with Crippen LogP contribution >= 0.6 is 11.6 Å². The van der Waals surface area contributed by atoms with Crippen LogP contribution in [0.2, 0.25) is 5.02 Å². The predicted molar refractivity (Wildman–Crippen MR) is 126 cm³/mol. The molecule has 168 valence electrons. The van der Waals surface area contributed by atoms with Crippen molar-refractivity contribution in [1.29, 1.82) is 0 Å². The van der Waals surface area contributed by atoms with Gasteiger partial charge in [-0.1, -0.05) is 29.8 Å². The summed E-state index contributed by atoms with van der Waals surface area (Å²) in [6, 6.07) is 14.9. The molecule has 3 rings (SSSR count). The molecule has 1 amide bonds. The van der Waals surface area contributed by atoms with Crippen LogP contribution in [0.4, 0.5) is 11.4 Å². The molecule has 0 saturated heterocycles. The second-order valence-electron chi connectivity index (χ2n) is 7.26. The molecular weight excluding hydrogens is 472 g/mol. The first-order chi connectivity index (χ1) is 14.9. The molecule has 0 bridgehead atoms. The van der Waals surface area contributed by atoms with Gasteiger partial charge in [-0.05, 0) is 67.4 Å². The SMILES string of the molecule is Cc1cccc(C)c1NS(=O)(=O)c1ccc(NC(=O)c2cc(S(C)(=O)=O)ccc2Cl)cc1. The van der Waals surface area contributed by atoms with Gasteiger partial charge in [-0.15, -0.1) is 0 Å². The molecule has 0 fully saturated rings. The van der Waals surface area contributed by atoms with E-state index in [1.165, 1.54) is 42.5 Å². The minimum absolute atomic E-state index is 0.0111. The van der Waals surface area contributed by atoms with E-state index in [2.05, 4.69) is 10.0 Å². The number of carbonyl (C=O) groups is 1. The highest BCUT2D eigenvalue weighted by molar-refractivity contribution is 7.92. The standard InChI is InChI=1S/C22H21ClN2O5S2/c1-14-5-4-6-15(2)21(14)25-32(29,30)17-9-7-16(8-10-17)24-22(26)19-13-18(31(3,27)28)11-12-20(19)23/h4-13,25H,1-3H3,(H,24,26).